The van der Waals surface area contributed by atoms with E-state index in [1.807, 2.05) is 0 Å². The summed E-state index contributed by atoms with van der Waals surface area (Å²) in [5.74, 6) is -0.637. The molecule has 2 amide bonds. The molecule has 3 N–H and O–H groups in total. The summed E-state index contributed by atoms with van der Waals surface area (Å²) in [6.07, 6.45) is 2.38. The Balaban J connectivity index is 2.26. The molecule has 0 aliphatic carbocycles. The number of piperidine rings is 1. The first-order valence-corrected chi connectivity index (χ1v) is 6.40. The van der Waals surface area contributed by atoms with Crippen LogP contribution in [0.15, 0.2) is 18.2 Å². The highest BCUT2D eigenvalue weighted by atomic mass is 16.3. The van der Waals surface area contributed by atoms with Crippen molar-refractivity contribution in [1.29, 1.82) is 0 Å². The first-order valence-electron chi connectivity index (χ1n) is 6.40. The van der Waals surface area contributed by atoms with Crippen molar-refractivity contribution < 1.29 is 14.7 Å². The Morgan fingerprint density at radius 3 is 2.74 bits per heavy atom. The summed E-state index contributed by atoms with van der Waals surface area (Å²) < 4.78 is 0. The fourth-order valence-corrected chi connectivity index (χ4v) is 2.38. The van der Waals surface area contributed by atoms with E-state index in [9.17, 15) is 14.7 Å². The van der Waals surface area contributed by atoms with Crippen molar-refractivity contribution in [2.24, 2.45) is 5.73 Å². The van der Waals surface area contributed by atoms with Crippen LogP contribution in [0.2, 0.25) is 0 Å². The number of hydrogen-bond donors (Lipinski definition) is 2. The number of nitrogens with zero attached hydrogens (tertiary/aromatic N) is 1. The van der Waals surface area contributed by atoms with Crippen molar-refractivity contribution in [3.8, 4) is 5.75 Å². The third-order valence-corrected chi connectivity index (χ3v) is 3.55. The van der Waals surface area contributed by atoms with Gasteiger partial charge in [0.2, 0.25) is 5.91 Å². The molecule has 1 heterocycles. The fraction of sp³-hybridized carbons (Fsp3) is 0.429. The number of phenols is 1. The van der Waals surface area contributed by atoms with E-state index in [-0.39, 0.29) is 11.7 Å². The molecule has 1 saturated heterocycles. The number of aryl methyl sites for hydroxylation is 1. The van der Waals surface area contributed by atoms with Crippen LogP contribution in [-0.2, 0) is 4.79 Å². The van der Waals surface area contributed by atoms with Crippen LogP contribution in [0.1, 0.15) is 35.2 Å². The normalized spacial score (nSPS) is 19.2. The van der Waals surface area contributed by atoms with Crippen molar-refractivity contribution >= 4 is 11.8 Å². The third kappa shape index (κ3) is 2.70. The molecule has 1 atom stereocenters. The Morgan fingerprint density at radius 2 is 2.11 bits per heavy atom. The zero-order valence-corrected chi connectivity index (χ0v) is 10.9. The molecule has 2 rings (SSSR count). The van der Waals surface area contributed by atoms with Gasteiger partial charge in [-0.25, -0.2) is 0 Å². The van der Waals surface area contributed by atoms with E-state index in [0.29, 0.717) is 24.1 Å². The zero-order chi connectivity index (χ0) is 14.0. The smallest absolute Gasteiger partial charge is 0.254 e. The summed E-state index contributed by atoms with van der Waals surface area (Å²) in [4.78, 5) is 25.3. The van der Waals surface area contributed by atoms with Gasteiger partial charge in [-0.1, -0.05) is 6.07 Å². The third-order valence-electron chi connectivity index (χ3n) is 3.55. The largest absolute Gasteiger partial charge is 0.508 e. The molecule has 19 heavy (non-hydrogen) atoms. The van der Waals surface area contributed by atoms with Crippen LogP contribution in [0.25, 0.3) is 0 Å². The topological polar surface area (TPSA) is 83.6 Å². The molecular weight excluding hydrogens is 244 g/mol. The average molecular weight is 262 g/mol. The van der Waals surface area contributed by atoms with Gasteiger partial charge in [0.1, 0.15) is 11.8 Å². The maximum atomic E-state index is 12.4. The molecule has 0 saturated carbocycles. The molecule has 1 unspecified atom stereocenters. The lowest BCUT2D eigenvalue weighted by Gasteiger charge is -2.33. The van der Waals surface area contributed by atoms with Crippen LogP contribution in [0.5, 0.6) is 5.75 Å². The van der Waals surface area contributed by atoms with Crippen LogP contribution in [-0.4, -0.2) is 34.4 Å². The molecule has 1 aliphatic rings. The molecule has 0 aromatic heterocycles. The number of carbonyl (C=O) groups excluding carboxylic acids is 2. The molecule has 102 valence electrons. The van der Waals surface area contributed by atoms with Gasteiger partial charge in [0.15, 0.2) is 0 Å². The van der Waals surface area contributed by atoms with Crippen molar-refractivity contribution in [2.45, 2.75) is 32.2 Å². The quantitative estimate of drug-likeness (QED) is 0.839. The predicted molar refractivity (Wildman–Crippen MR) is 70.7 cm³/mol. The standard InChI is InChI=1S/C14H18N2O3/c1-9-5-6-10(8-12(9)17)14(19)16-7-3-2-4-11(16)13(15)18/h5-6,8,11,17H,2-4,7H2,1H3,(H2,15,18). The van der Waals surface area contributed by atoms with Crippen LogP contribution >= 0.6 is 0 Å². The Morgan fingerprint density at radius 1 is 1.37 bits per heavy atom. The van der Waals surface area contributed by atoms with Gasteiger partial charge < -0.3 is 15.7 Å². The highest BCUT2D eigenvalue weighted by Crippen LogP contribution is 2.23. The van der Waals surface area contributed by atoms with Crippen LogP contribution < -0.4 is 5.73 Å². The lowest BCUT2D eigenvalue weighted by atomic mass is 10.00. The summed E-state index contributed by atoms with van der Waals surface area (Å²) in [6, 6.07) is 4.24. The number of nitrogens with two attached hydrogens (primary N) is 1. The molecule has 1 fully saturated rings. The fourth-order valence-electron chi connectivity index (χ4n) is 2.38. The van der Waals surface area contributed by atoms with E-state index in [4.69, 9.17) is 5.73 Å². The number of aromatic hydroxyl groups is 1. The summed E-state index contributed by atoms with van der Waals surface area (Å²) >= 11 is 0. The molecule has 0 spiro atoms. The van der Waals surface area contributed by atoms with Gasteiger partial charge >= 0.3 is 0 Å². The average Bonchev–Trinajstić information content (AvgIpc) is 2.41. The van der Waals surface area contributed by atoms with Crippen molar-refractivity contribution in [3.05, 3.63) is 29.3 Å². The van der Waals surface area contributed by atoms with Gasteiger partial charge in [-0.3, -0.25) is 9.59 Å². The second kappa shape index (κ2) is 5.30. The maximum Gasteiger partial charge on any atom is 0.254 e. The molecule has 1 aliphatic heterocycles. The Labute approximate surface area is 112 Å². The second-order valence-corrected chi connectivity index (χ2v) is 4.91. The van der Waals surface area contributed by atoms with Crippen molar-refractivity contribution in [1.82, 2.24) is 4.90 Å². The van der Waals surface area contributed by atoms with Crippen LogP contribution in [0.4, 0.5) is 0 Å². The van der Waals surface area contributed by atoms with Crippen molar-refractivity contribution in [3.63, 3.8) is 0 Å². The lowest BCUT2D eigenvalue weighted by molar-refractivity contribution is -0.123. The Bertz CT molecular complexity index is 513. The molecule has 1 aromatic rings. The monoisotopic (exact) mass is 262 g/mol. The molecule has 5 nitrogen and oxygen atoms in total. The number of benzene rings is 1. The number of hydrogen-bond acceptors (Lipinski definition) is 3. The molecular formula is C14H18N2O3. The zero-order valence-electron chi connectivity index (χ0n) is 10.9. The lowest BCUT2D eigenvalue weighted by Crippen LogP contribution is -2.50. The molecule has 0 bridgehead atoms. The predicted octanol–water partition coefficient (Wildman–Crippen LogP) is 1.18. The summed E-state index contributed by atoms with van der Waals surface area (Å²) in [7, 11) is 0. The molecule has 5 heteroatoms. The van der Waals surface area contributed by atoms with Gasteiger partial charge in [0.05, 0.1) is 0 Å². The van der Waals surface area contributed by atoms with E-state index < -0.39 is 11.9 Å². The highest BCUT2D eigenvalue weighted by molar-refractivity contribution is 5.97. The Hall–Kier alpha value is -2.04. The number of likely N-dealkylation sites (tertiary alicyclic amines) is 1. The number of amides is 2. The second-order valence-electron chi connectivity index (χ2n) is 4.91. The summed E-state index contributed by atoms with van der Waals surface area (Å²) in [6.45, 7) is 2.29. The van der Waals surface area contributed by atoms with E-state index in [2.05, 4.69) is 0 Å². The minimum atomic E-state index is -0.537. The van der Waals surface area contributed by atoms with E-state index in [0.717, 1.165) is 12.8 Å². The summed E-state index contributed by atoms with van der Waals surface area (Å²) in [5.41, 5.74) is 6.44. The SMILES string of the molecule is Cc1ccc(C(=O)N2CCCCC2C(N)=O)cc1O. The van der Waals surface area contributed by atoms with Crippen LogP contribution in [0, 0.1) is 6.92 Å². The minimum absolute atomic E-state index is 0.0819. The van der Waals surface area contributed by atoms with E-state index in [1.165, 1.54) is 11.0 Å². The highest BCUT2D eigenvalue weighted by Gasteiger charge is 2.31. The van der Waals surface area contributed by atoms with Crippen LogP contribution in [0.3, 0.4) is 0 Å². The minimum Gasteiger partial charge on any atom is -0.508 e. The summed E-state index contributed by atoms with van der Waals surface area (Å²) in [5, 5.41) is 9.66. The van der Waals surface area contributed by atoms with Gasteiger partial charge in [-0.05, 0) is 43.9 Å². The number of rotatable bonds is 2. The first-order chi connectivity index (χ1) is 9.00. The maximum absolute atomic E-state index is 12.4. The van der Waals surface area contributed by atoms with Gasteiger partial charge in [-0.15, -0.1) is 0 Å². The number of carbonyl (C=O) groups is 2. The van der Waals surface area contributed by atoms with Gasteiger partial charge in [-0.2, -0.15) is 0 Å². The van der Waals surface area contributed by atoms with Crippen molar-refractivity contribution in [2.75, 3.05) is 6.54 Å². The molecule has 0 radical (unpaired) electrons. The van der Waals surface area contributed by atoms with E-state index in [1.54, 1.807) is 19.1 Å². The number of phenolic OH excluding ortho intramolecular Hbond substituents is 1. The molecule has 1 aromatic carbocycles. The first kappa shape index (κ1) is 13.4. The Kier molecular flexibility index (Phi) is 3.74. The van der Waals surface area contributed by atoms with Gasteiger partial charge in [0.25, 0.3) is 5.91 Å². The van der Waals surface area contributed by atoms with Gasteiger partial charge in [0, 0.05) is 12.1 Å². The number of primary amides is 1. The van der Waals surface area contributed by atoms with E-state index >= 15 is 0 Å².